The van der Waals surface area contributed by atoms with Gasteiger partial charge in [-0.3, -0.25) is 0 Å². The predicted octanol–water partition coefficient (Wildman–Crippen LogP) is 1.53. The summed E-state index contributed by atoms with van der Waals surface area (Å²) < 4.78 is 29.4. The number of hydrogen-bond acceptors (Lipinski definition) is 3. The van der Waals surface area contributed by atoms with Gasteiger partial charge in [-0.2, -0.15) is 0 Å². The van der Waals surface area contributed by atoms with E-state index in [4.69, 9.17) is 0 Å². The number of aromatic nitrogens is 2. The molecular formula is C12H19N3O2S. The molecule has 1 fully saturated rings. The summed E-state index contributed by atoms with van der Waals surface area (Å²) in [7, 11) is -3.42. The molecule has 1 unspecified atom stereocenters. The highest BCUT2D eigenvalue weighted by atomic mass is 32.2. The van der Waals surface area contributed by atoms with E-state index in [0.29, 0.717) is 6.04 Å². The Labute approximate surface area is 108 Å². The summed E-state index contributed by atoms with van der Waals surface area (Å²) in [5.41, 5.74) is 0.888. The molecule has 0 aromatic carbocycles. The summed E-state index contributed by atoms with van der Waals surface area (Å²) >= 11 is 0. The fraction of sp³-hybridized carbons (Fsp3) is 0.750. The maximum absolute atomic E-state index is 12.3. The fourth-order valence-corrected chi connectivity index (χ4v) is 4.31. The molecule has 0 spiro atoms. The summed E-state index contributed by atoms with van der Waals surface area (Å²) in [5.74, 6) is 0.813. The Morgan fingerprint density at radius 3 is 2.72 bits per heavy atom. The first-order valence-electron chi connectivity index (χ1n) is 6.59. The summed E-state index contributed by atoms with van der Waals surface area (Å²) in [4.78, 5) is 4.31. The molecule has 18 heavy (non-hydrogen) atoms. The summed E-state index contributed by atoms with van der Waals surface area (Å²) in [6.45, 7) is 4.02. The van der Waals surface area contributed by atoms with Crippen molar-refractivity contribution in [2.45, 2.75) is 63.1 Å². The average Bonchev–Trinajstić information content (AvgIpc) is 3.01. The molecule has 1 aromatic rings. The van der Waals surface area contributed by atoms with Gasteiger partial charge in [0.15, 0.2) is 5.03 Å². The van der Waals surface area contributed by atoms with Gasteiger partial charge in [0.05, 0.1) is 5.69 Å². The van der Waals surface area contributed by atoms with Gasteiger partial charge in [-0.25, -0.2) is 18.1 Å². The van der Waals surface area contributed by atoms with Crippen LogP contribution in [0, 0.1) is 6.92 Å². The van der Waals surface area contributed by atoms with Gasteiger partial charge in [0.25, 0.3) is 10.0 Å². The molecule has 0 radical (unpaired) electrons. The highest BCUT2D eigenvalue weighted by molar-refractivity contribution is 7.89. The minimum atomic E-state index is -3.42. The quantitative estimate of drug-likeness (QED) is 0.905. The lowest BCUT2D eigenvalue weighted by molar-refractivity contribution is 0.420. The van der Waals surface area contributed by atoms with Crippen LogP contribution in [-0.2, 0) is 16.4 Å². The van der Waals surface area contributed by atoms with Gasteiger partial charge in [0.2, 0.25) is 0 Å². The fourth-order valence-electron chi connectivity index (χ4n) is 2.76. The summed E-state index contributed by atoms with van der Waals surface area (Å²) in [6, 6.07) is 0.486. The van der Waals surface area contributed by atoms with Crippen molar-refractivity contribution < 1.29 is 8.42 Å². The number of nitrogens with zero attached hydrogens (tertiary/aromatic N) is 2. The second kappa shape index (κ2) is 4.06. The zero-order valence-corrected chi connectivity index (χ0v) is 11.6. The van der Waals surface area contributed by atoms with Crippen molar-refractivity contribution in [1.82, 2.24) is 14.3 Å². The molecular weight excluding hydrogens is 250 g/mol. The molecule has 1 aromatic heterocycles. The summed E-state index contributed by atoms with van der Waals surface area (Å²) in [6.07, 6.45) is 4.85. The molecule has 0 amide bonds. The van der Waals surface area contributed by atoms with Crippen LogP contribution in [0.2, 0.25) is 0 Å². The third-order valence-electron chi connectivity index (χ3n) is 3.78. The second-order valence-corrected chi connectivity index (χ2v) is 7.05. The first-order valence-corrected chi connectivity index (χ1v) is 8.07. The van der Waals surface area contributed by atoms with E-state index in [1.54, 1.807) is 0 Å². The van der Waals surface area contributed by atoms with Crippen LogP contribution >= 0.6 is 0 Å². The second-order valence-electron chi connectivity index (χ2n) is 5.42. The largest absolute Gasteiger partial charge is 0.328 e. The highest BCUT2D eigenvalue weighted by Gasteiger charge is 2.33. The molecule has 6 heteroatoms. The molecule has 1 N–H and O–H groups in total. The molecule has 1 aliphatic heterocycles. The first kappa shape index (κ1) is 12.2. The number of sulfonamides is 1. The number of rotatable bonds is 3. The molecule has 2 aliphatic rings. The van der Waals surface area contributed by atoms with E-state index in [0.717, 1.165) is 43.6 Å². The van der Waals surface area contributed by atoms with Crippen LogP contribution in [0.4, 0.5) is 0 Å². The molecule has 3 rings (SSSR count). The monoisotopic (exact) mass is 269 g/mol. The van der Waals surface area contributed by atoms with E-state index >= 15 is 0 Å². The normalized spacial score (nSPS) is 24.0. The third-order valence-corrected chi connectivity index (χ3v) is 5.26. The SMILES string of the molecule is Cc1nc(S(=O)(=O)NC2CC2)c2n1C(C)CCC2. The van der Waals surface area contributed by atoms with E-state index in [-0.39, 0.29) is 11.1 Å². The van der Waals surface area contributed by atoms with Crippen LogP contribution in [0.15, 0.2) is 5.03 Å². The molecule has 1 atom stereocenters. The zero-order chi connectivity index (χ0) is 12.9. The lowest BCUT2D eigenvalue weighted by Crippen LogP contribution is -2.28. The van der Waals surface area contributed by atoms with E-state index in [2.05, 4.69) is 21.2 Å². The number of hydrogen-bond donors (Lipinski definition) is 1. The number of nitrogens with one attached hydrogen (secondary N) is 1. The van der Waals surface area contributed by atoms with E-state index in [1.165, 1.54) is 0 Å². The predicted molar refractivity (Wildman–Crippen MR) is 68.0 cm³/mol. The van der Waals surface area contributed by atoms with Crippen molar-refractivity contribution >= 4 is 10.0 Å². The van der Waals surface area contributed by atoms with Crippen LogP contribution in [0.3, 0.4) is 0 Å². The lowest BCUT2D eigenvalue weighted by atomic mass is 10.0. The molecule has 1 aliphatic carbocycles. The van der Waals surface area contributed by atoms with Gasteiger partial charge >= 0.3 is 0 Å². The lowest BCUT2D eigenvalue weighted by Gasteiger charge is -2.23. The number of fused-ring (bicyclic) bond motifs is 1. The molecule has 0 bridgehead atoms. The highest BCUT2D eigenvalue weighted by Crippen LogP contribution is 2.31. The maximum atomic E-state index is 12.3. The van der Waals surface area contributed by atoms with Gasteiger partial charge in [0, 0.05) is 12.1 Å². The minimum Gasteiger partial charge on any atom is -0.328 e. The Bertz CT molecular complexity index is 572. The van der Waals surface area contributed by atoms with Crippen molar-refractivity contribution in [3.05, 3.63) is 11.5 Å². The Kier molecular flexibility index (Phi) is 2.75. The van der Waals surface area contributed by atoms with E-state index in [1.807, 2.05) is 6.92 Å². The molecule has 2 heterocycles. The van der Waals surface area contributed by atoms with Crippen LogP contribution in [0.1, 0.15) is 50.2 Å². The maximum Gasteiger partial charge on any atom is 0.260 e. The van der Waals surface area contributed by atoms with Gasteiger partial charge in [-0.15, -0.1) is 0 Å². The minimum absolute atomic E-state index is 0.133. The Morgan fingerprint density at radius 1 is 1.33 bits per heavy atom. The van der Waals surface area contributed by atoms with Crippen molar-refractivity contribution in [3.8, 4) is 0 Å². The standard InChI is InChI=1S/C12H19N3O2S/c1-8-4-3-5-11-12(13-9(2)15(8)11)18(16,17)14-10-6-7-10/h8,10,14H,3-7H2,1-2H3. The molecule has 1 saturated carbocycles. The average molecular weight is 269 g/mol. The van der Waals surface area contributed by atoms with Crippen LogP contribution in [0.5, 0.6) is 0 Å². The Hall–Kier alpha value is -0.880. The number of aryl methyl sites for hydroxylation is 1. The Morgan fingerprint density at radius 2 is 2.06 bits per heavy atom. The topological polar surface area (TPSA) is 64.0 Å². The van der Waals surface area contributed by atoms with Gasteiger partial charge in [-0.1, -0.05) is 0 Å². The van der Waals surface area contributed by atoms with Crippen molar-refractivity contribution in [2.24, 2.45) is 0 Å². The van der Waals surface area contributed by atoms with Crippen molar-refractivity contribution in [2.75, 3.05) is 0 Å². The smallest absolute Gasteiger partial charge is 0.260 e. The van der Waals surface area contributed by atoms with E-state index in [9.17, 15) is 8.42 Å². The van der Waals surface area contributed by atoms with Crippen molar-refractivity contribution in [1.29, 1.82) is 0 Å². The van der Waals surface area contributed by atoms with E-state index < -0.39 is 10.0 Å². The van der Waals surface area contributed by atoms with Crippen LogP contribution in [0.25, 0.3) is 0 Å². The zero-order valence-electron chi connectivity index (χ0n) is 10.8. The first-order chi connectivity index (χ1) is 8.49. The summed E-state index contributed by atoms with van der Waals surface area (Å²) in [5, 5.41) is 0.262. The van der Waals surface area contributed by atoms with Crippen LogP contribution in [-0.4, -0.2) is 24.0 Å². The third kappa shape index (κ3) is 1.97. The van der Waals surface area contributed by atoms with Gasteiger partial charge in [0.1, 0.15) is 5.82 Å². The van der Waals surface area contributed by atoms with Gasteiger partial charge in [-0.05, 0) is 46.0 Å². The van der Waals surface area contributed by atoms with Crippen molar-refractivity contribution in [3.63, 3.8) is 0 Å². The Balaban J connectivity index is 2.04. The molecule has 100 valence electrons. The molecule has 5 nitrogen and oxygen atoms in total. The number of imidazole rings is 1. The van der Waals surface area contributed by atoms with Crippen LogP contribution < -0.4 is 4.72 Å². The van der Waals surface area contributed by atoms with Gasteiger partial charge < -0.3 is 4.57 Å². The molecule has 0 saturated heterocycles.